The number of anilines is 1. The number of amides is 1. The number of hydrogen-bond acceptors (Lipinski definition) is 1. The molecule has 96 valence electrons. The van der Waals surface area contributed by atoms with Gasteiger partial charge in [0.05, 0.1) is 12.0 Å². The normalized spacial score (nSPS) is 29.2. The molecule has 3 rings (SSSR count). The second-order valence-corrected chi connectivity index (χ2v) is 5.72. The zero-order valence-corrected chi connectivity index (χ0v) is 11.0. The molecule has 1 saturated carbocycles. The number of β-lactam (4-membered cyclic amide) rings is 1. The molecule has 1 aromatic carbocycles. The molecule has 2 aliphatic rings. The second-order valence-electron chi connectivity index (χ2n) is 5.72. The fourth-order valence-electron chi connectivity index (χ4n) is 3.64. The van der Waals surface area contributed by atoms with Gasteiger partial charge in [-0.25, -0.2) is 0 Å². The minimum absolute atomic E-state index is 0.216. The molecule has 2 fully saturated rings. The van der Waals surface area contributed by atoms with Crippen LogP contribution in [0.15, 0.2) is 30.3 Å². The van der Waals surface area contributed by atoms with Crippen LogP contribution in [0, 0.1) is 11.8 Å². The zero-order chi connectivity index (χ0) is 12.5. The van der Waals surface area contributed by atoms with Crippen LogP contribution < -0.4 is 4.90 Å². The molecule has 0 spiro atoms. The summed E-state index contributed by atoms with van der Waals surface area (Å²) in [6.07, 6.45) is 6.64. The molecular weight excluding hydrogens is 222 g/mol. The smallest absolute Gasteiger partial charge is 0.232 e. The van der Waals surface area contributed by atoms with E-state index < -0.39 is 0 Å². The van der Waals surface area contributed by atoms with Gasteiger partial charge in [0.25, 0.3) is 0 Å². The first-order valence-electron chi connectivity index (χ1n) is 7.17. The van der Waals surface area contributed by atoms with Gasteiger partial charge in [-0.05, 0) is 30.9 Å². The summed E-state index contributed by atoms with van der Waals surface area (Å²) < 4.78 is 0. The average molecular weight is 243 g/mol. The van der Waals surface area contributed by atoms with E-state index in [-0.39, 0.29) is 5.92 Å². The molecule has 1 aliphatic carbocycles. The van der Waals surface area contributed by atoms with Crippen LogP contribution in [-0.4, -0.2) is 11.9 Å². The van der Waals surface area contributed by atoms with E-state index in [0.717, 1.165) is 5.69 Å². The second kappa shape index (κ2) is 4.75. The number of carbonyl (C=O) groups is 1. The van der Waals surface area contributed by atoms with Crippen LogP contribution in [0.1, 0.15) is 39.0 Å². The summed E-state index contributed by atoms with van der Waals surface area (Å²) in [4.78, 5) is 14.2. The van der Waals surface area contributed by atoms with Crippen LogP contribution in [0.25, 0.3) is 0 Å². The number of para-hydroxylation sites is 1. The Morgan fingerprint density at radius 3 is 2.39 bits per heavy atom. The SMILES string of the molecule is C[C@@H]1C(=O)N(c2ccccc2)[C@@H]1C1CCCCC1. The van der Waals surface area contributed by atoms with Crippen molar-refractivity contribution in [3.05, 3.63) is 30.3 Å². The monoisotopic (exact) mass is 243 g/mol. The highest BCUT2D eigenvalue weighted by Crippen LogP contribution is 2.41. The van der Waals surface area contributed by atoms with Gasteiger partial charge < -0.3 is 4.90 Å². The molecule has 1 aromatic rings. The van der Waals surface area contributed by atoms with Crippen molar-refractivity contribution in [3.8, 4) is 0 Å². The molecule has 18 heavy (non-hydrogen) atoms. The van der Waals surface area contributed by atoms with Crippen molar-refractivity contribution in [1.82, 2.24) is 0 Å². The molecule has 2 nitrogen and oxygen atoms in total. The average Bonchev–Trinajstić information content (AvgIpc) is 2.45. The minimum atomic E-state index is 0.216. The van der Waals surface area contributed by atoms with Gasteiger partial charge in [-0.1, -0.05) is 44.4 Å². The van der Waals surface area contributed by atoms with Crippen molar-refractivity contribution >= 4 is 11.6 Å². The standard InChI is InChI=1S/C16H21NO/c1-12-15(13-8-4-2-5-9-13)17(16(12)18)14-10-6-3-7-11-14/h3,6-7,10-13,15H,2,4-5,8-9H2,1H3/t12-,15-/m0/s1. The topological polar surface area (TPSA) is 20.3 Å². The third-order valence-corrected chi connectivity index (χ3v) is 4.60. The largest absolute Gasteiger partial charge is 0.308 e. The van der Waals surface area contributed by atoms with E-state index in [2.05, 4.69) is 19.1 Å². The predicted molar refractivity (Wildman–Crippen MR) is 73.5 cm³/mol. The Labute approximate surface area is 109 Å². The number of nitrogens with zero attached hydrogens (tertiary/aromatic N) is 1. The summed E-state index contributed by atoms with van der Waals surface area (Å²) in [6, 6.07) is 10.6. The fraction of sp³-hybridized carbons (Fsp3) is 0.562. The molecule has 2 atom stereocenters. The Hall–Kier alpha value is -1.31. The summed E-state index contributed by atoms with van der Waals surface area (Å²) in [5.74, 6) is 1.23. The van der Waals surface area contributed by atoms with Crippen molar-refractivity contribution in [2.45, 2.75) is 45.1 Å². The molecule has 1 heterocycles. The quantitative estimate of drug-likeness (QED) is 0.726. The van der Waals surface area contributed by atoms with E-state index >= 15 is 0 Å². The van der Waals surface area contributed by atoms with Crippen molar-refractivity contribution in [2.24, 2.45) is 11.8 Å². The number of hydrogen-bond donors (Lipinski definition) is 0. The van der Waals surface area contributed by atoms with E-state index in [4.69, 9.17) is 0 Å². The van der Waals surface area contributed by atoms with Crippen LogP contribution in [0.3, 0.4) is 0 Å². The molecular formula is C16H21NO. The molecule has 1 aliphatic heterocycles. The molecule has 0 aromatic heterocycles. The summed E-state index contributed by atoms with van der Waals surface area (Å²) >= 11 is 0. The fourth-order valence-corrected chi connectivity index (χ4v) is 3.64. The summed E-state index contributed by atoms with van der Waals surface area (Å²) in [5.41, 5.74) is 1.08. The van der Waals surface area contributed by atoms with Crippen LogP contribution >= 0.6 is 0 Å². The lowest BCUT2D eigenvalue weighted by Gasteiger charge is -2.50. The Kier molecular flexibility index (Phi) is 3.11. The van der Waals surface area contributed by atoms with Gasteiger partial charge in [0.2, 0.25) is 5.91 Å². The lowest BCUT2D eigenvalue weighted by atomic mass is 9.73. The zero-order valence-electron chi connectivity index (χ0n) is 11.0. The number of benzene rings is 1. The van der Waals surface area contributed by atoms with Crippen molar-refractivity contribution < 1.29 is 4.79 Å². The molecule has 1 saturated heterocycles. The van der Waals surface area contributed by atoms with Crippen LogP contribution in [-0.2, 0) is 4.79 Å². The Morgan fingerprint density at radius 2 is 1.72 bits per heavy atom. The van der Waals surface area contributed by atoms with Gasteiger partial charge in [-0.3, -0.25) is 4.79 Å². The van der Waals surface area contributed by atoms with E-state index in [0.29, 0.717) is 17.9 Å². The van der Waals surface area contributed by atoms with E-state index in [1.165, 1.54) is 32.1 Å². The summed E-state index contributed by atoms with van der Waals surface area (Å²) in [6.45, 7) is 2.10. The van der Waals surface area contributed by atoms with E-state index in [1.807, 2.05) is 23.1 Å². The van der Waals surface area contributed by atoms with Crippen LogP contribution in [0.2, 0.25) is 0 Å². The highest BCUT2D eigenvalue weighted by Gasteiger charge is 2.48. The van der Waals surface area contributed by atoms with E-state index in [1.54, 1.807) is 0 Å². The number of carbonyl (C=O) groups excluding carboxylic acids is 1. The van der Waals surface area contributed by atoms with Crippen LogP contribution in [0.5, 0.6) is 0 Å². The van der Waals surface area contributed by atoms with E-state index in [9.17, 15) is 4.79 Å². The highest BCUT2D eigenvalue weighted by atomic mass is 16.2. The molecule has 2 heteroatoms. The third kappa shape index (κ3) is 1.84. The molecule has 1 amide bonds. The lowest BCUT2D eigenvalue weighted by molar-refractivity contribution is -0.131. The Balaban J connectivity index is 1.82. The maximum absolute atomic E-state index is 12.1. The minimum Gasteiger partial charge on any atom is -0.308 e. The lowest BCUT2D eigenvalue weighted by Crippen LogP contribution is -2.63. The predicted octanol–water partition coefficient (Wildman–Crippen LogP) is 3.62. The van der Waals surface area contributed by atoms with Crippen molar-refractivity contribution in [2.75, 3.05) is 4.90 Å². The van der Waals surface area contributed by atoms with Gasteiger partial charge in [-0.2, -0.15) is 0 Å². The summed E-state index contributed by atoms with van der Waals surface area (Å²) in [5, 5.41) is 0. The molecule has 0 bridgehead atoms. The first kappa shape index (κ1) is 11.8. The van der Waals surface area contributed by atoms with Crippen molar-refractivity contribution in [1.29, 1.82) is 0 Å². The maximum atomic E-state index is 12.1. The van der Waals surface area contributed by atoms with Gasteiger partial charge in [-0.15, -0.1) is 0 Å². The third-order valence-electron chi connectivity index (χ3n) is 4.60. The first-order valence-corrected chi connectivity index (χ1v) is 7.17. The Bertz CT molecular complexity index is 422. The van der Waals surface area contributed by atoms with Crippen molar-refractivity contribution in [3.63, 3.8) is 0 Å². The van der Waals surface area contributed by atoms with Gasteiger partial charge in [0.1, 0.15) is 0 Å². The maximum Gasteiger partial charge on any atom is 0.232 e. The van der Waals surface area contributed by atoms with Gasteiger partial charge >= 0.3 is 0 Å². The summed E-state index contributed by atoms with van der Waals surface area (Å²) in [7, 11) is 0. The van der Waals surface area contributed by atoms with Crippen LogP contribution in [0.4, 0.5) is 5.69 Å². The number of rotatable bonds is 2. The molecule has 0 N–H and O–H groups in total. The molecule has 0 unspecified atom stereocenters. The van der Waals surface area contributed by atoms with Gasteiger partial charge in [0, 0.05) is 5.69 Å². The first-order chi connectivity index (χ1) is 8.79. The molecule has 0 radical (unpaired) electrons. The Morgan fingerprint density at radius 1 is 1.06 bits per heavy atom. The van der Waals surface area contributed by atoms with Gasteiger partial charge in [0.15, 0.2) is 0 Å². The highest BCUT2D eigenvalue weighted by molar-refractivity contribution is 6.02.